The highest BCUT2D eigenvalue weighted by molar-refractivity contribution is 9.10. The van der Waals surface area contributed by atoms with Crippen molar-refractivity contribution < 1.29 is 14.0 Å². The molecule has 9 heteroatoms. The first kappa shape index (κ1) is 21.7. The number of fused-ring (bicyclic) bond motifs is 1. The van der Waals surface area contributed by atoms with Gasteiger partial charge in [-0.15, -0.1) is 0 Å². The van der Waals surface area contributed by atoms with Crippen LogP contribution in [-0.4, -0.2) is 32.9 Å². The first-order valence-electron chi connectivity index (χ1n) is 9.40. The molecule has 0 atom stereocenters. The van der Waals surface area contributed by atoms with E-state index in [1.165, 1.54) is 17.0 Å². The second-order valence-electron chi connectivity index (χ2n) is 6.94. The summed E-state index contributed by atoms with van der Waals surface area (Å²) >= 11 is 14.8. The van der Waals surface area contributed by atoms with Crippen LogP contribution in [0.2, 0.25) is 5.02 Å². The number of thiocarbonyl (C=S) groups is 1. The van der Waals surface area contributed by atoms with Crippen molar-refractivity contribution in [3.63, 3.8) is 0 Å². The van der Waals surface area contributed by atoms with E-state index >= 15 is 0 Å². The molecule has 3 aromatic rings. The number of nitrogens with zero attached hydrogens (tertiary/aromatic N) is 2. The normalized spacial score (nSPS) is 15.8. The number of amides is 2. The molecule has 0 spiro atoms. The number of halogens is 3. The highest BCUT2D eigenvalue weighted by Crippen LogP contribution is 2.30. The monoisotopic (exact) mass is 519 g/mol. The minimum Gasteiger partial charge on any atom is -0.342 e. The van der Waals surface area contributed by atoms with Gasteiger partial charge in [0.15, 0.2) is 5.11 Å². The summed E-state index contributed by atoms with van der Waals surface area (Å²) in [7, 11) is 0. The molecule has 0 unspecified atom stereocenters. The van der Waals surface area contributed by atoms with Gasteiger partial charge in [-0.05, 0) is 55.5 Å². The average molecular weight is 521 g/mol. The van der Waals surface area contributed by atoms with E-state index in [2.05, 4.69) is 21.2 Å². The number of aromatic nitrogens is 1. The summed E-state index contributed by atoms with van der Waals surface area (Å²) in [6, 6.07) is 10.2. The zero-order chi connectivity index (χ0) is 22.3. The van der Waals surface area contributed by atoms with Crippen LogP contribution < -0.4 is 5.32 Å². The van der Waals surface area contributed by atoms with Gasteiger partial charge in [-0.25, -0.2) is 4.39 Å². The molecule has 0 bridgehead atoms. The van der Waals surface area contributed by atoms with Gasteiger partial charge in [-0.2, -0.15) is 0 Å². The minimum atomic E-state index is -0.548. The van der Waals surface area contributed by atoms with Gasteiger partial charge in [0.1, 0.15) is 11.4 Å². The van der Waals surface area contributed by atoms with Crippen molar-refractivity contribution in [2.45, 2.75) is 13.5 Å². The molecule has 2 aromatic carbocycles. The maximum Gasteiger partial charge on any atom is 0.265 e. The van der Waals surface area contributed by atoms with Crippen LogP contribution in [0, 0.1) is 5.82 Å². The Hall–Kier alpha value is -2.55. The lowest BCUT2D eigenvalue weighted by atomic mass is 10.1. The number of nitrogens with one attached hydrogen (secondary N) is 1. The minimum absolute atomic E-state index is 0.0154. The van der Waals surface area contributed by atoms with E-state index < -0.39 is 17.6 Å². The zero-order valence-electron chi connectivity index (χ0n) is 16.3. The summed E-state index contributed by atoms with van der Waals surface area (Å²) in [6.45, 7) is 2.31. The number of rotatable bonds is 4. The average Bonchev–Trinajstić information content (AvgIpc) is 3.04. The van der Waals surface area contributed by atoms with Crippen LogP contribution in [0.15, 0.2) is 52.6 Å². The summed E-state index contributed by atoms with van der Waals surface area (Å²) in [5, 5.41) is 3.76. The smallest absolute Gasteiger partial charge is 0.265 e. The van der Waals surface area contributed by atoms with Crippen molar-refractivity contribution in [3.8, 4) is 0 Å². The van der Waals surface area contributed by atoms with E-state index in [1.807, 2.05) is 22.8 Å². The highest BCUT2D eigenvalue weighted by atomic mass is 79.9. The van der Waals surface area contributed by atoms with Crippen molar-refractivity contribution in [2.24, 2.45) is 0 Å². The zero-order valence-corrected chi connectivity index (χ0v) is 19.4. The van der Waals surface area contributed by atoms with Gasteiger partial charge in [0, 0.05) is 44.3 Å². The Kier molecular flexibility index (Phi) is 5.96. The molecule has 1 aliphatic rings. The van der Waals surface area contributed by atoms with E-state index in [0.29, 0.717) is 22.7 Å². The molecular weight excluding hydrogens is 505 g/mol. The number of likely N-dealkylation sites (N-methyl/N-ethyl adjacent to an activating group) is 1. The molecule has 1 saturated heterocycles. The molecule has 1 N–H and O–H groups in total. The summed E-state index contributed by atoms with van der Waals surface area (Å²) in [6.07, 6.45) is 3.31. The Morgan fingerprint density at radius 1 is 1.26 bits per heavy atom. The van der Waals surface area contributed by atoms with Crippen LogP contribution in [0.5, 0.6) is 0 Å². The van der Waals surface area contributed by atoms with E-state index in [4.69, 9.17) is 23.8 Å². The van der Waals surface area contributed by atoms with Crippen molar-refractivity contribution >= 4 is 73.7 Å². The predicted molar refractivity (Wildman–Crippen MR) is 126 cm³/mol. The van der Waals surface area contributed by atoms with Crippen molar-refractivity contribution in [3.05, 3.63) is 74.6 Å². The maximum atomic E-state index is 14.4. The van der Waals surface area contributed by atoms with Crippen LogP contribution in [0.3, 0.4) is 0 Å². The van der Waals surface area contributed by atoms with Gasteiger partial charge < -0.3 is 4.57 Å². The van der Waals surface area contributed by atoms with Gasteiger partial charge in [0.25, 0.3) is 11.8 Å². The Balaban J connectivity index is 1.85. The molecule has 0 aliphatic carbocycles. The third-order valence-corrected chi connectivity index (χ3v) is 6.24. The van der Waals surface area contributed by atoms with E-state index in [9.17, 15) is 14.0 Å². The number of carbonyl (C=O) groups is 2. The molecule has 1 aromatic heterocycles. The van der Waals surface area contributed by atoms with Gasteiger partial charge in [-0.3, -0.25) is 19.8 Å². The van der Waals surface area contributed by atoms with Crippen LogP contribution in [0.1, 0.15) is 18.1 Å². The lowest BCUT2D eigenvalue weighted by molar-refractivity contribution is -0.128. The molecule has 0 radical (unpaired) electrons. The standard InChI is InChI=1S/C22H16BrClFN3O2S/c1-2-28-21(30)15(20(29)26-22(28)31)8-12-10-27(19-7-6-13(23)9-14(12)19)11-16-17(24)4-3-5-18(16)25/h3-10H,2,11H2,1H3,(H,26,29,31)/b15-8+. The summed E-state index contributed by atoms with van der Waals surface area (Å²) < 4.78 is 17.0. The highest BCUT2D eigenvalue weighted by Gasteiger charge is 2.32. The number of carbonyl (C=O) groups excluding carboxylic acids is 2. The maximum absolute atomic E-state index is 14.4. The molecule has 1 aliphatic heterocycles. The second-order valence-corrected chi connectivity index (χ2v) is 8.65. The molecule has 2 amide bonds. The van der Waals surface area contributed by atoms with Gasteiger partial charge >= 0.3 is 0 Å². The molecular formula is C22H16BrClFN3O2S. The van der Waals surface area contributed by atoms with Crippen molar-refractivity contribution in [1.29, 1.82) is 0 Å². The van der Waals surface area contributed by atoms with Gasteiger partial charge in [-0.1, -0.05) is 33.6 Å². The molecule has 158 valence electrons. The quantitative estimate of drug-likeness (QED) is 0.303. The molecule has 1 fully saturated rings. The topological polar surface area (TPSA) is 54.3 Å². The van der Waals surface area contributed by atoms with E-state index in [0.717, 1.165) is 15.4 Å². The van der Waals surface area contributed by atoms with E-state index in [1.54, 1.807) is 25.3 Å². The van der Waals surface area contributed by atoms with Crippen LogP contribution in [0.4, 0.5) is 4.39 Å². The fraction of sp³-hybridized carbons (Fsp3) is 0.136. The summed E-state index contributed by atoms with van der Waals surface area (Å²) in [4.78, 5) is 26.6. The first-order valence-corrected chi connectivity index (χ1v) is 11.0. The van der Waals surface area contributed by atoms with Crippen molar-refractivity contribution in [2.75, 3.05) is 6.54 Å². The van der Waals surface area contributed by atoms with E-state index in [-0.39, 0.29) is 17.2 Å². The predicted octanol–water partition coefficient (Wildman–Crippen LogP) is 4.89. The number of hydrogen-bond acceptors (Lipinski definition) is 3. The largest absolute Gasteiger partial charge is 0.342 e. The Morgan fingerprint density at radius 2 is 2.03 bits per heavy atom. The molecule has 2 heterocycles. The first-order chi connectivity index (χ1) is 14.8. The number of hydrogen-bond donors (Lipinski definition) is 1. The molecule has 5 nitrogen and oxygen atoms in total. The van der Waals surface area contributed by atoms with Gasteiger partial charge in [0.05, 0.1) is 6.54 Å². The Bertz CT molecular complexity index is 1270. The lowest BCUT2D eigenvalue weighted by Crippen LogP contribution is -2.53. The number of benzene rings is 2. The molecule has 0 saturated carbocycles. The van der Waals surface area contributed by atoms with Crippen LogP contribution in [-0.2, 0) is 16.1 Å². The third-order valence-electron chi connectivity index (χ3n) is 5.07. The SMILES string of the molecule is CCN1C(=O)/C(=C/c2cn(Cc3c(F)cccc3Cl)c3ccc(Br)cc23)C(=O)NC1=S. The fourth-order valence-corrected chi connectivity index (χ4v) is 4.42. The van der Waals surface area contributed by atoms with Crippen LogP contribution in [0.25, 0.3) is 17.0 Å². The summed E-state index contributed by atoms with van der Waals surface area (Å²) in [5.74, 6) is -1.41. The second kappa shape index (κ2) is 8.53. The Morgan fingerprint density at radius 3 is 2.74 bits per heavy atom. The van der Waals surface area contributed by atoms with Crippen molar-refractivity contribution in [1.82, 2.24) is 14.8 Å². The van der Waals surface area contributed by atoms with Crippen LogP contribution >= 0.6 is 39.7 Å². The van der Waals surface area contributed by atoms with Gasteiger partial charge in [0.2, 0.25) is 0 Å². The summed E-state index contributed by atoms with van der Waals surface area (Å²) in [5.41, 5.74) is 1.79. The molecule has 31 heavy (non-hydrogen) atoms. The molecule has 4 rings (SSSR count). The lowest BCUT2D eigenvalue weighted by Gasteiger charge is -2.27. The Labute approximate surface area is 196 Å². The third kappa shape index (κ3) is 4.03. The fourth-order valence-electron chi connectivity index (χ4n) is 3.53.